The summed E-state index contributed by atoms with van der Waals surface area (Å²) >= 11 is 15.4. The molecule has 0 radical (unpaired) electrons. The first kappa shape index (κ1) is 13.7. The Morgan fingerprint density at radius 1 is 1.44 bits per heavy atom. The molecule has 1 aromatic carbocycles. The van der Waals surface area contributed by atoms with Crippen LogP contribution in [0.15, 0.2) is 22.7 Å². The summed E-state index contributed by atoms with van der Waals surface area (Å²) in [5, 5.41) is 4.82. The van der Waals surface area contributed by atoms with Gasteiger partial charge < -0.3 is 4.74 Å². The average molecular weight is 350 g/mol. The first-order valence-corrected chi connectivity index (χ1v) is 6.94. The number of benzene rings is 1. The Labute approximate surface area is 124 Å². The Hall–Kier alpha value is -0.710. The number of rotatable bonds is 3. The topological polar surface area (TPSA) is 27.1 Å². The van der Waals surface area contributed by atoms with Gasteiger partial charge in [-0.2, -0.15) is 5.10 Å². The Balaban J connectivity index is 2.42. The van der Waals surface area contributed by atoms with Gasteiger partial charge in [-0.25, -0.2) is 4.68 Å². The number of alkyl halides is 1. The first-order valence-electron chi connectivity index (χ1n) is 5.24. The van der Waals surface area contributed by atoms with Crippen LogP contribution >= 0.6 is 39.1 Å². The molecule has 0 bridgehead atoms. The van der Waals surface area contributed by atoms with Gasteiger partial charge in [-0.05, 0) is 25.1 Å². The van der Waals surface area contributed by atoms with Gasteiger partial charge in [0.05, 0.1) is 22.2 Å². The lowest BCUT2D eigenvalue weighted by molar-refractivity contribution is 0.427. The fraction of sp³-hybridized carbons (Fsp3) is 0.250. The van der Waals surface area contributed by atoms with Crippen molar-refractivity contribution < 1.29 is 4.74 Å². The highest BCUT2D eigenvalue weighted by Gasteiger charge is 2.15. The summed E-state index contributed by atoms with van der Waals surface area (Å²) in [4.78, 5) is 0. The molecule has 0 N–H and O–H groups in total. The summed E-state index contributed by atoms with van der Waals surface area (Å²) in [7, 11) is 1.81. The fourth-order valence-corrected chi connectivity index (χ4v) is 2.43. The Morgan fingerprint density at radius 2 is 2.17 bits per heavy atom. The predicted molar refractivity (Wildman–Crippen MR) is 76.7 cm³/mol. The molecule has 6 heteroatoms. The number of aromatic nitrogens is 2. The van der Waals surface area contributed by atoms with Gasteiger partial charge in [0.2, 0.25) is 5.88 Å². The minimum Gasteiger partial charge on any atom is -0.437 e. The molecule has 3 nitrogen and oxygen atoms in total. The van der Waals surface area contributed by atoms with Gasteiger partial charge in [0.15, 0.2) is 0 Å². The molecule has 0 aliphatic rings. The molecule has 0 aliphatic carbocycles. The molecule has 1 heterocycles. The maximum atomic E-state index is 6.09. The second-order valence-corrected chi connectivity index (χ2v) is 5.39. The van der Waals surface area contributed by atoms with E-state index in [9.17, 15) is 0 Å². The quantitative estimate of drug-likeness (QED) is 0.752. The molecule has 0 saturated carbocycles. The minimum atomic E-state index is 0.348. The van der Waals surface area contributed by atoms with Crippen molar-refractivity contribution in [2.45, 2.75) is 12.8 Å². The molecule has 0 saturated heterocycles. The molecule has 1 aromatic heterocycles. The third-order valence-corrected chi connectivity index (χ3v) is 3.60. The second kappa shape index (κ2) is 5.51. The summed E-state index contributed by atoms with van der Waals surface area (Å²) in [6.07, 6.45) is 0. The van der Waals surface area contributed by atoms with Crippen molar-refractivity contribution in [2.75, 3.05) is 0 Å². The summed E-state index contributed by atoms with van der Waals surface area (Å²) in [6.45, 7) is 1.90. The van der Waals surface area contributed by atoms with E-state index in [1.165, 1.54) is 0 Å². The van der Waals surface area contributed by atoms with E-state index in [1.807, 2.05) is 26.1 Å². The van der Waals surface area contributed by atoms with Crippen LogP contribution in [0.25, 0.3) is 0 Å². The lowest BCUT2D eigenvalue weighted by Gasteiger charge is -2.09. The van der Waals surface area contributed by atoms with E-state index in [2.05, 4.69) is 21.0 Å². The molecule has 0 spiro atoms. The summed E-state index contributed by atoms with van der Waals surface area (Å²) in [5.74, 6) is 1.53. The van der Waals surface area contributed by atoms with Crippen molar-refractivity contribution in [1.82, 2.24) is 9.78 Å². The normalized spacial score (nSPS) is 10.7. The van der Waals surface area contributed by atoms with E-state index in [0.29, 0.717) is 22.5 Å². The van der Waals surface area contributed by atoms with Crippen LogP contribution in [-0.4, -0.2) is 9.78 Å². The molecule has 0 atom stereocenters. The van der Waals surface area contributed by atoms with Crippen molar-refractivity contribution >= 4 is 39.1 Å². The molecule has 0 unspecified atom stereocenters. The van der Waals surface area contributed by atoms with Gasteiger partial charge in [-0.3, -0.25) is 0 Å². The van der Waals surface area contributed by atoms with Crippen molar-refractivity contribution in [3.63, 3.8) is 0 Å². The van der Waals surface area contributed by atoms with Crippen LogP contribution < -0.4 is 4.74 Å². The molecule has 2 rings (SSSR count). The van der Waals surface area contributed by atoms with Gasteiger partial charge in [-0.15, -0.1) is 11.6 Å². The van der Waals surface area contributed by atoms with Crippen LogP contribution in [0.4, 0.5) is 0 Å². The molecule has 18 heavy (non-hydrogen) atoms. The van der Waals surface area contributed by atoms with Crippen molar-refractivity contribution in [3.05, 3.63) is 39.0 Å². The maximum absolute atomic E-state index is 6.09. The van der Waals surface area contributed by atoms with Crippen LogP contribution in [0.3, 0.4) is 0 Å². The van der Waals surface area contributed by atoms with E-state index >= 15 is 0 Å². The molecule has 2 aromatic rings. The number of hydrogen-bond acceptors (Lipinski definition) is 2. The second-order valence-electron chi connectivity index (χ2n) is 3.80. The summed E-state index contributed by atoms with van der Waals surface area (Å²) in [6, 6.07) is 5.43. The number of halogens is 3. The highest BCUT2D eigenvalue weighted by atomic mass is 79.9. The van der Waals surface area contributed by atoms with Gasteiger partial charge in [0.1, 0.15) is 5.75 Å². The third-order valence-electron chi connectivity index (χ3n) is 2.52. The minimum absolute atomic E-state index is 0.348. The molecular weight excluding hydrogens is 339 g/mol. The monoisotopic (exact) mass is 348 g/mol. The van der Waals surface area contributed by atoms with Gasteiger partial charge >= 0.3 is 0 Å². The number of ether oxygens (including phenoxy) is 1. The van der Waals surface area contributed by atoms with Crippen LogP contribution in [0.2, 0.25) is 5.02 Å². The summed E-state index contributed by atoms with van der Waals surface area (Å²) < 4.78 is 8.37. The lowest BCUT2D eigenvalue weighted by Crippen LogP contribution is -1.97. The largest absolute Gasteiger partial charge is 0.437 e. The van der Waals surface area contributed by atoms with Crippen LogP contribution in [0.1, 0.15) is 11.3 Å². The fourth-order valence-electron chi connectivity index (χ4n) is 1.62. The van der Waals surface area contributed by atoms with Crippen LogP contribution in [0.5, 0.6) is 11.6 Å². The molecule has 96 valence electrons. The van der Waals surface area contributed by atoms with E-state index in [-0.39, 0.29) is 0 Å². The third kappa shape index (κ3) is 2.66. The number of aryl methyl sites for hydroxylation is 2. The van der Waals surface area contributed by atoms with Crippen molar-refractivity contribution in [2.24, 2.45) is 7.05 Å². The van der Waals surface area contributed by atoms with Gasteiger partial charge in [0, 0.05) is 11.5 Å². The van der Waals surface area contributed by atoms with Crippen LogP contribution in [0, 0.1) is 6.92 Å². The highest BCUT2D eigenvalue weighted by molar-refractivity contribution is 9.10. The van der Waals surface area contributed by atoms with Crippen molar-refractivity contribution in [1.29, 1.82) is 0 Å². The lowest BCUT2D eigenvalue weighted by atomic mass is 10.3. The van der Waals surface area contributed by atoms with Gasteiger partial charge in [-0.1, -0.05) is 27.5 Å². The predicted octanol–water partition coefficient (Wildman–Crippen LogP) is 4.68. The van der Waals surface area contributed by atoms with Gasteiger partial charge in [0.25, 0.3) is 0 Å². The van der Waals surface area contributed by atoms with E-state index in [4.69, 9.17) is 27.9 Å². The van der Waals surface area contributed by atoms with Crippen molar-refractivity contribution in [3.8, 4) is 11.6 Å². The Bertz CT molecular complexity index is 584. The zero-order valence-corrected chi connectivity index (χ0v) is 13.0. The average Bonchev–Trinajstić information content (AvgIpc) is 2.58. The van der Waals surface area contributed by atoms with E-state index < -0.39 is 0 Å². The first-order chi connectivity index (χ1) is 8.52. The molecule has 0 amide bonds. The SMILES string of the molecule is Cc1nn(C)c(Oc2cc(Br)ccc2Cl)c1CCl. The summed E-state index contributed by atoms with van der Waals surface area (Å²) in [5.41, 5.74) is 1.73. The Morgan fingerprint density at radius 3 is 2.83 bits per heavy atom. The zero-order chi connectivity index (χ0) is 13.3. The van der Waals surface area contributed by atoms with Crippen LogP contribution in [-0.2, 0) is 12.9 Å². The standard InChI is InChI=1S/C12H11BrCl2N2O/c1-7-9(6-14)12(17(2)16-7)18-11-5-8(13)3-4-10(11)15/h3-5H,6H2,1-2H3. The number of hydrogen-bond donors (Lipinski definition) is 0. The number of nitrogens with zero attached hydrogens (tertiary/aromatic N) is 2. The smallest absolute Gasteiger partial charge is 0.222 e. The Kier molecular flexibility index (Phi) is 4.20. The maximum Gasteiger partial charge on any atom is 0.222 e. The van der Waals surface area contributed by atoms with E-state index in [0.717, 1.165) is 15.7 Å². The highest BCUT2D eigenvalue weighted by Crippen LogP contribution is 2.34. The van der Waals surface area contributed by atoms with E-state index in [1.54, 1.807) is 10.7 Å². The molecule has 0 aliphatic heterocycles. The molecule has 0 fully saturated rings. The zero-order valence-electron chi connectivity index (χ0n) is 9.88. The molecular formula is C12H11BrCl2N2O.